The summed E-state index contributed by atoms with van der Waals surface area (Å²) in [5.41, 5.74) is -1.13. The van der Waals surface area contributed by atoms with E-state index in [-0.39, 0.29) is 18.5 Å². The summed E-state index contributed by atoms with van der Waals surface area (Å²) in [6.07, 6.45) is 9.88. The number of carbonyl (C=O) groups is 1. The predicted octanol–water partition coefficient (Wildman–Crippen LogP) is 3.92. The summed E-state index contributed by atoms with van der Waals surface area (Å²) in [7, 11) is 1.32. The number of phenolic OH excluding ortho intramolecular Hbond substituents is 1. The van der Waals surface area contributed by atoms with Crippen LogP contribution in [0.5, 0.6) is 5.75 Å². The van der Waals surface area contributed by atoms with Gasteiger partial charge < -0.3 is 25.2 Å². The van der Waals surface area contributed by atoms with E-state index in [2.05, 4.69) is 6.58 Å². The SMILES string of the molecule is C=C/C=C\C=C\CC(OC)(C(C=C(O)C=O)c1ccc(O)cc1)C(C)(O)O.CC. The van der Waals surface area contributed by atoms with Gasteiger partial charge in [0, 0.05) is 19.4 Å². The van der Waals surface area contributed by atoms with Gasteiger partial charge in [-0.3, -0.25) is 4.79 Å². The van der Waals surface area contributed by atoms with E-state index in [1.165, 1.54) is 32.2 Å². The van der Waals surface area contributed by atoms with Gasteiger partial charge in [0.1, 0.15) is 11.4 Å². The second-order valence-corrected chi connectivity index (χ2v) is 6.15. The molecule has 0 aliphatic rings. The summed E-state index contributed by atoms with van der Waals surface area (Å²) in [6.45, 7) is 8.73. The van der Waals surface area contributed by atoms with Gasteiger partial charge in [0.2, 0.25) is 0 Å². The van der Waals surface area contributed by atoms with Crippen LogP contribution in [0.25, 0.3) is 0 Å². The molecule has 4 N–H and O–H groups in total. The number of carbonyl (C=O) groups excluding carboxylic acids is 1. The molecule has 1 aromatic carbocycles. The molecule has 0 aliphatic carbocycles. The van der Waals surface area contributed by atoms with Crippen LogP contribution in [0.15, 0.2) is 73.1 Å². The molecule has 0 fully saturated rings. The molecule has 0 spiro atoms. The number of phenols is 1. The molecule has 0 saturated heterocycles. The average Bonchev–Trinajstić information content (AvgIpc) is 2.70. The molecule has 29 heavy (non-hydrogen) atoms. The molecular formula is C23H32O6. The molecule has 2 atom stereocenters. The molecule has 0 radical (unpaired) electrons. The Morgan fingerprint density at radius 1 is 1.17 bits per heavy atom. The van der Waals surface area contributed by atoms with Crippen LogP contribution in [0.2, 0.25) is 0 Å². The van der Waals surface area contributed by atoms with Crippen LogP contribution >= 0.6 is 0 Å². The van der Waals surface area contributed by atoms with E-state index in [4.69, 9.17) is 4.74 Å². The summed E-state index contributed by atoms with van der Waals surface area (Å²) in [6, 6.07) is 5.94. The number of aliphatic hydroxyl groups is 3. The van der Waals surface area contributed by atoms with Crippen molar-refractivity contribution in [3.63, 3.8) is 0 Å². The number of methoxy groups -OCH3 is 1. The van der Waals surface area contributed by atoms with Gasteiger partial charge in [0.05, 0.1) is 0 Å². The van der Waals surface area contributed by atoms with E-state index in [9.17, 15) is 25.2 Å². The van der Waals surface area contributed by atoms with E-state index in [0.717, 1.165) is 0 Å². The number of ether oxygens (including phenoxy) is 1. The fourth-order valence-corrected chi connectivity index (χ4v) is 2.87. The Kier molecular flexibility index (Phi) is 11.6. The first-order chi connectivity index (χ1) is 13.7. The molecule has 0 heterocycles. The van der Waals surface area contributed by atoms with Crippen molar-refractivity contribution >= 4 is 6.29 Å². The monoisotopic (exact) mass is 404 g/mol. The van der Waals surface area contributed by atoms with Crippen LogP contribution in [-0.4, -0.2) is 45.2 Å². The van der Waals surface area contributed by atoms with Crippen molar-refractivity contribution in [1.82, 2.24) is 0 Å². The van der Waals surface area contributed by atoms with Crippen molar-refractivity contribution in [2.24, 2.45) is 0 Å². The van der Waals surface area contributed by atoms with Crippen LogP contribution in [0, 0.1) is 0 Å². The number of benzene rings is 1. The largest absolute Gasteiger partial charge is 0.508 e. The molecule has 2 unspecified atom stereocenters. The molecule has 0 bridgehead atoms. The van der Waals surface area contributed by atoms with E-state index < -0.39 is 23.1 Å². The molecule has 1 rings (SSSR count). The van der Waals surface area contributed by atoms with Gasteiger partial charge in [-0.2, -0.15) is 0 Å². The van der Waals surface area contributed by atoms with Crippen molar-refractivity contribution < 1.29 is 30.0 Å². The lowest BCUT2D eigenvalue weighted by atomic mass is 9.74. The number of allylic oxidation sites excluding steroid dienone is 5. The number of hydrogen-bond acceptors (Lipinski definition) is 6. The molecular weight excluding hydrogens is 372 g/mol. The third kappa shape index (κ3) is 7.34. The van der Waals surface area contributed by atoms with Crippen molar-refractivity contribution in [2.45, 2.75) is 44.5 Å². The lowest BCUT2D eigenvalue weighted by molar-refractivity contribution is -0.276. The molecule has 0 aliphatic heterocycles. The highest BCUT2D eigenvalue weighted by Gasteiger charge is 2.51. The van der Waals surface area contributed by atoms with Crippen LogP contribution in [-0.2, 0) is 9.53 Å². The molecule has 0 amide bonds. The van der Waals surface area contributed by atoms with Crippen LogP contribution in [0.4, 0.5) is 0 Å². The summed E-state index contributed by atoms with van der Waals surface area (Å²) >= 11 is 0. The third-order valence-corrected chi connectivity index (χ3v) is 4.29. The summed E-state index contributed by atoms with van der Waals surface area (Å²) in [5, 5.41) is 40.4. The first-order valence-corrected chi connectivity index (χ1v) is 9.31. The van der Waals surface area contributed by atoms with Gasteiger partial charge >= 0.3 is 0 Å². The first kappa shape index (κ1) is 26.3. The minimum absolute atomic E-state index is 0.0225. The fraction of sp³-hybridized carbons (Fsp3) is 0.348. The number of aliphatic hydroxyl groups excluding tert-OH is 1. The van der Waals surface area contributed by atoms with Gasteiger partial charge in [-0.05, 0) is 30.7 Å². The van der Waals surface area contributed by atoms with Gasteiger partial charge in [-0.25, -0.2) is 0 Å². The van der Waals surface area contributed by atoms with Crippen molar-refractivity contribution in [2.75, 3.05) is 7.11 Å². The Bertz CT molecular complexity index is 710. The van der Waals surface area contributed by atoms with E-state index in [1.807, 2.05) is 13.8 Å². The van der Waals surface area contributed by atoms with Gasteiger partial charge in [0.15, 0.2) is 17.8 Å². The first-order valence-electron chi connectivity index (χ1n) is 9.31. The number of hydrogen-bond donors (Lipinski definition) is 4. The topological polar surface area (TPSA) is 107 Å². The van der Waals surface area contributed by atoms with Crippen molar-refractivity contribution in [3.8, 4) is 5.75 Å². The smallest absolute Gasteiger partial charge is 0.190 e. The molecule has 1 aromatic rings. The molecule has 0 saturated carbocycles. The summed E-state index contributed by atoms with van der Waals surface area (Å²) < 4.78 is 5.57. The summed E-state index contributed by atoms with van der Waals surface area (Å²) in [5.74, 6) is -3.80. The molecule has 6 nitrogen and oxygen atoms in total. The zero-order valence-electron chi connectivity index (χ0n) is 17.4. The van der Waals surface area contributed by atoms with Crippen LogP contribution < -0.4 is 0 Å². The van der Waals surface area contributed by atoms with E-state index >= 15 is 0 Å². The highest BCUT2D eigenvalue weighted by atomic mass is 16.6. The highest BCUT2D eigenvalue weighted by molar-refractivity contribution is 5.70. The molecule has 160 valence electrons. The Morgan fingerprint density at radius 3 is 2.21 bits per heavy atom. The standard InChI is InChI=1S/C21H26O6.C2H6/c1-4-5-6-7-8-13-21(27-3,20(2,25)26)19(14-18(24)15-22)16-9-11-17(23)12-10-16;1-2/h4-12,14-15,19,23-26H,1,13H2,2-3H3;1-2H3/b6-5-,8-7+,18-14?;. The lowest BCUT2D eigenvalue weighted by Gasteiger charge is -2.45. The van der Waals surface area contributed by atoms with Crippen molar-refractivity contribution in [1.29, 1.82) is 0 Å². The maximum Gasteiger partial charge on any atom is 0.190 e. The Balaban J connectivity index is 0.00000379. The summed E-state index contributed by atoms with van der Waals surface area (Å²) in [4.78, 5) is 11.0. The fourth-order valence-electron chi connectivity index (χ4n) is 2.87. The Hall–Kier alpha value is -2.67. The lowest BCUT2D eigenvalue weighted by Crippen LogP contribution is -2.57. The minimum Gasteiger partial charge on any atom is -0.508 e. The molecule has 6 heteroatoms. The highest BCUT2D eigenvalue weighted by Crippen LogP contribution is 2.43. The number of aromatic hydroxyl groups is 1. The molecule has 0 aromatic heterocycles. The Morgan fingerprint density at radius 2 is 1.76 bits per heavy atom. The Labute approximate surface area is 172 Å². The van der Waals surface area contributed by atoms with Gasteiger partial charge in [0.25, 0.3) is 0 Å². The maximum atomic E-state index is 11.0. The van der Waals surface area contributed by atoms with Gasteiger partial charge in [-0.15, -0.1) is 0 Å². The zero-order chi connectivity index (χ0) is 22.5. The predicted molar refractivity (Wildman–Crippen MR) is 115 cm³/mol. The average molecular weight is 405 g/mol. The number of aldehydes is 1. The van der Waals surface area contributed by atoms with Crippen LogP contribution in [0.3, 0.4) is 0 Å². The minimum atomic E-state index is -2.34. The normalized spacial score (nSPS) is 15.4. The van der Waals surface area contributed by atoms with Crippen LogP contribution in [0.1, 0.15) is 38.7 Å². The second-order valence-electron chi connectivity index (χ2n) is 6.15. The number of rotatable bonds is 10. The third-order valence-electron chi connectivity index (χ3n) is 4.29. The second kappa shape index (κ2) is 12.7. The maximum absolute atomic E-state index is 11.0. The van der Waals surface area contributed by atoms with E-state index in [1.54, 1.807) is 42.5 Å². The van der Waals surface area contributed by atoms with E-state index in [0.29, 0.717) is 5.56 Å². The van der Waals surface area contributed by atoms with Crippen molar-refractivity contribution in [3.05, 3.63) is 78.6 Å². The zero-order valence-corrected chi connectivity index (χ0v) is 17.4. The van der Waals surface area contributed by atoms with Gasteiger partial charge in [-0.1, -0.05) is 62.9 Å². The quantitative estimate of drug-likeness (QED) is 0.155.